The number of aliphatic hydroxyl groups excluding tert-OH is 1. The van der Waals surface area contributed by atoms with Gasteiger partial charge in [0.1, 0.15) is 11.4 Å². The van der Waals surface area contributed by atoms with Gasteiger partial charge in [-0.25, -0.2) is 0 Å². The average Bonchev–Trinajstić information content (AvgIpc) is 2.79. The van der Waals surface area contributed by atoms with E-state index >= 15 is 0 Å². The van der Waals surface area contributed by atoms with E-state index in [2.05, 4.69) is 15.3 Å². The Morgan fingerprint density at radius 3 is 1.53 bits per heavy atom. The third-order valence-corrected chi connectivity index (χ3v) is 3.65. The van der Waals surface area contributed by atoms with Crippen molar-refractivity contribution in [3.63, 3.8) is 0 Å². The molecule has 1 fully saturated rings. The van der Waals surface area contributed by atoms with Crippen molar-refractivity contribution < 1.29 is 32.3 Å². The van der Waals surface area contributed by atoms with Gasteiger partial charge in [0.25, 0.3) is 0 Å². The van der Waals surface area contributed by atoms with Crippen LogP contribution in [0.3, 0.4) is 0 Å². The Hall–Kier alpha value is -2.18. The number of hydrogen-bond donors (Lipinski definition) is 5. The number of nitrogens with zero attached hydrogens (tertiary/aromatic N) is 3. The summed E-state index contributed by atoms with van der Waals surface area (Å²) in [5, 5.41) is 30.2. The summed E-state index contributed by atoms with van der Waals surface area (Å²) in [4.78, 5) is 23.1. The molecule has 0 bridgehead atoms. The van der Waals surface area contributed by atoms with Crippen LogP contribution < -0.4 is 11.0 Å². The second-order valence-electron chi connectivity index (χ2n) is 5.94. The van der Waals surface area contributed by atoms with E-state index in [4.69, 9.17) is 15.5 Å². The molecule has 1 aliphatic rings. The zero-order valence-electron chi connectivity index (χ0n) is 17.7. The molecule has 1 aromatic rings. The first-order chi connectivity index (χ1) is 13.8. The minimum absolute atomic E-state index is 0. The first-order valence-electron chi connectivity index (χ1n) is 9.02. The number of nitrogens with one attached hydrogen (secondary N) is 2. The largest absolute Gasteiger partial charge is 0.425 e. The third kappa shape index (κ3) is 20.5. The average molecular weight is 469 g/mol. The van der Waals surface area contributed by atoms with E-state index in [0.717, 1.165) is 12.8 Å². The molecule has 0 amide bonds. The Balaban J connectivity index is -0.000000321. The topological polar surface area (TPSA) is 156 Å². The molecule has 0 aliphatic heterocycles. The predicted octanol–water partition coefficient (Wildman–Crippen LogP) is 4.17. The van der Waals surface area contributed by atoms with Crippen molar-refractivity contribution >= 4 is 0 Å². The van der Waals surface area contributed by atoms with Crippen LogP contribution in [-0.4, -0.2) is 26.6 Å². The number of aromatic nitrogens is 1. The fourth-order valence-corrected chi connectivity index (χ4v) is 1.54. The van der Waals surface area contributed by atoms with Gasteiger partial charge in [0.15, 0.2) is 0 Å². The third-order valence-electron chi connectivity index (χ3n) is 3.65. The van der Waals surface area contributed by atoms with E-state index in [1.165, 1.54) is 26.7 Å². The van der Waals surface area contributed by atoms with Crippen LogP contribution in [0.15, 0.2) is 63.7 Å². The molecule has 1 aliphatic carbocycles. The standard InChI is InChI=1S/C6H11O.C5H5N.2C4H8N2O2.Co/c7-6-4-2-1-3-5-6;1-2-4-6-5-3-1;2*1-3(5-7)4(2)6-8;/h4,6-7H,1-3,5H2;1-5H;2*5,7H,1-2H3;/q-1;;;;/b;;2*4-3-;. The summed E-state index contributed by atoms with van der Waals surface area (Å²) in [5.74, 6) is 0. The predicted molar refractivity (Wildman–Crippen MR) is 111 cm³/mol. The summed E-state index contributed by atoms with van der Waals surface area (Å²) in [6.07, 6.45) is 9.98. The van der Waals surface area contributed by atoms with Gasteiger partial charge in [0, 0.05) is 29.2 Å². The van der Waals surface area contributed by atoms with Gasteiger partial charge in [-0.2, -0.15) is 6.42 Å². The van der Waals surface area contributed by atoms with Crippen molar-refractivity contribution in [1.82, 2.24) is 15.9 Å². The molecular weight excluding hydrogens is 437 g/mol. The molecule has 0 aromatic carbocycles. The Morgan fingerprint density at radius 1 is 0.933 bits per heavy atom. The molecule has 5 N–H and O–H groups in total. The van der Waals surface area contributed by atoms with Crippen LogP contribution in [-0.2, 0) is 16.8 Å². The SMILES string of the molecule is C/C(N=O)=C(\C)NO.C/C(N=O)=C(\C)NO.OC1[CH-]CCCC1.[Co].c1ccncc1. The summed E-state index contributed by atoms with van der Waals surface area (Å²) in [6.45, 7) is 6.12. The minimum Gasteiger partial charge on any atom is -0.425 e. The maximum Gasteiger partial charge on any atom is 0.103 e. The Morgan fingerprint density at radius 2 is 1.40 bits per heavy atom. The molecule has 11 heteroatoms. The molecule has 30 heavy (non-hydrogen) atoms. The van der Waals surface area contributed by atoms with Gasteiger partial charge in [0.05, 0.1) is 11.4 Å². The van der Waals surface area contributed by atoms with Crippen molar-refractivity contribution in [1.29, 1.82) is 0 Å². The summed E-state index contributed by atoms with van der Waals surface area (Å²) in [5.41, 5.74) is 4.87. The van der Waals surface area contributed by atoms with Crippen LogP contribution in [0, 0.1) is 16.2 Å². The number of hydroxylamine groups is 2. The zero-order valence-corrected chi connectivity index (χ0v) is 18.7. The second kappa shape index (κ2) is 23.1. The van der Waals surface area contributed by atoms with Crippen LogP contribution in [0.4, 0.5) is 0 Å². The number of nitroso groups, excluding NO2 is 2. The summed E-state index contributed by atoms with van der Waals surface area (Å²) in [6, 6.07) is 5.72. The van der Waals surface area contributed by atoms with Crippen molar-refractivity contribution in [2.24, 2.45) is 10.4 Å². The van der Waals surface area contributed by atoms with Gasteiger partial charge in [-0.05, 0) is 50.2 Å². The fourth-order valence-electron chi connectivity index (χ4n) is 1.54. The van der Waals surface area contributed by atoms with Crippen LogP contribution in [0.5, 0.6) is 0 Å². The number of rotatable bonds is 4. The van der Waals surface area contributed by atoms with E-state index in [9.17, 15) is 9.81 Å². The number of aliphatic hydroxyl groups is 1. The second-order valence-corrected chi connectivity index (χ2v) is 5.94. The van der Waals surface area contributed by atoms with E-state index < -0.39 is 0 Å². The molecule has 10 nitrogen and oxygen atoms in total. The van der Waals surface area contributed by atoms with Crippen LogP contribution in [0.25, 0.3) is 0 Å². The molecule has 1 aromatic heterocycles. The molecule has 1 heterocycles. The summed E-state index contributed by atoms with van der Waals surface area (Å²) < 4.78 is 0. The number of allylic oxidation sites excluding steroid dienone is 4. The Bertz CT molecular complexity index is 552. The first kappa shape index (κ1) is 32.5. The van der Waals surface area contributed by atoms with Crippen LogP contribution >= 0.6 is 0 Å². The van der Waals surface area contributed by atoms with Gasteiger partial charge >= 0.3 is 0 Å². The molecule has 1 saturated carbocycles. The van der Waals surface area contributed by atoms with Crippen LogP contribution in [0.2, 0.25) is 0 Å². The van der Waals surface area contributed by atoms with Crippen molar-refractivity contribution in [2.45, 2.75) is 59.5 Å². The normalized spacial score (nSPS) is 15.9. The van der Waals surface area contributed by atoms with Crippen LogP contribution in [0.1, 0.15) is 53.4 Å². The first-order valence-corrected chi connectivity index (χ1v) is 9.02. The molecule has 173 valence electrons. The number of pyridine rings is 1. The molecule has 2 rings (SSSR count). The fraction of sp³-hybridized carbons (Fsp3) is 0.474. The quantitative estimate of drug-likeness (QED) is 0.250. The van der Waals surface area contributed by atoms with E-state index in [1.807, 2.05) is 24.6 Å². The molecule has 0 spiro atoms. The van der Waals surface area contributed by atoms with Gasteiger partial charge in [-0.15, -0.1) is 9.81 Å². The smallest absolute Gasteiger partial charge is 0.103 e. The summed E-state index contributed by atoms with van der Waals surface area (Å²) in [7, 11) is 0. The van der Waals surface area contributed by atoms with E-state index in [-0.39, 0.29) is 34.3 Å². The molecule has 0 saturated heterocycles. The van der Waals surface area contributed by atoms with Gasteiger partial charge < -0.3 is 11.5 Å². The van der Waals surface area contributed by atoms with Crippen molar-refractivity contribution in [2.75, 3.05) is 0 Å². The van der Waals surface area contributed by atoms with Crippen molar-refractivity contribution in [3.05, 3.63) is 69.6 Å². The van der Waals surface area contributed by atoms with Gasteiger partial charge in [-0.1, -0.05) is 31.4 Å². The molecule has 1 atom stereocenters. The van der Waals surface area contributed by atoms with E-state index in [0.29, 0.717) is 11.4 Å². The van der Waals surface area contributed by atoms with Gasteiger partial charge in [-0.3, -0.25) is 26.4 Å². The molecular formula is C19H32CoN5O5-. The maximum absolute atomic E-state index is 9.65. The number of hydrogen-bond acceptors (Lipinski definition) is 10. The van der Waals surface area contributed by atoms with Gasteiger partial charge in [0.2, 0.25) is 0 Å². The zero-order chi connectivity index (χ0) is 22.5. The van der Waals surface area contributed by atoms with Crippen molar-refractivity contribution in [3.8, 4) is 0 Å². The molecule has 1 radical (unpaired) electrons. The maximum atomic E-state index is 9.65. The Labute approximate surface area is 187 Å². The Kier molecular flexibility index (Phi) is 25.0. The minimum atomic E-state index is -0.0891. The summed E-state index contributed by atoms with van der Waals surface area (Å²) >= 11 is 0. The monoisotopic (exact) mass is 469 g/mol. The van der Waals surface area contributed by atoms with E-state index in [1.54, 1.807) is 37.2 Å². The molecule has 1 unspecified atom stereocenters.